The first-order valence-electron chi connectivity index (χ1n) is 6.14. The minimum atomic E-state index is -1.10. The van der Waals surface area contributed by atoms with Gasteiger partial charge >= 0.3 is 5.97 Å². The van der Waals surface area contributed by atoms with E-state index in [1.165, 1.54) is 0 Å². The van der Waals surface area contributed by atoms with Crippen LogP contribution in [0.15, 0.2) is 24.3 Å². The lowest BCUT2D eigenvalue weighted by Gasteiger charge is -2.41. The van der Waals surface area contributed by atoms with Gasteiger partial charge in [-0.05, 0) is 42.9 Å². The zero-order chi connectivity index (χ0) is 12.9. The number of carboxylic acid groups (broad SMARTS) is 1. The number of alkyl halides is 1. The Balaban J connectivity index is 1.83. The Kier molecular flexibility index (Phi) is 2.63. The van der Waals surface area contributed by atoms with Gasteiger partial charge in [0.15, 0.2) is 0 Å². The Morgan fingerprint density at radius 2 is 2.17 bits per heavy atom. The standard InChI is InChI=1S/C14H14ClFO2/c15-10-3-1-2-8(4-10)12(16)14-5-9(6-14)11(7-14)13(17)18/h1-4,9,11-12H,5-7H2,(H,17,18)/t9?,11-,12?,14?/m0/s1. The Hall–Kier alpha value is -1.09. The highest BCUT2D eigenvalue weighted by molar-refractivity contribution is 6.30. The molecule has 3 aliphatic carbocycles. The highest BCUT2D eigenvalue weighted by Gasteiger charge is 2.62. The van der Waals surface area contributed by atoms with Crippen LogP contribution in [0.3, 0.4) is 0 Å². The van der Waals surface area contributed by atoms with Gasteiger partial charge in [-0.3, -0.25) is 4.79 Å². The molecule has 2 nitrogen and oxygen atoms in total. The van der Waals surface area contributed by atoms with Crippen molar-refractivity contribution >= 4 is 17.6 Å². The molecule has 3 saturated carbocycles. The predicted molar refractivity (Wildman–Crippen MR) is 66.2 cm³/mol. The summed E-state index contributed by atoms with van der Waals surface area (Å²) in [7, 11) is 0. The van der Waals surface area contributed by atoms with Crippen molar-refractivity contribution in [2.45, 2.75) is 25.4 Å². The first kappa shape index (κ1) is 12.0. The number of hydrogen-bond acceptors (Lipinski definition) is 1. The maximum absolute atomic E-state index is 14.6. The third kappa shape index (κ3) is 1.64. The first-order valence-corrected chi connectivity index (χ1v) is 6.52. The predicted octanol–water partition coefficient (Wildman–Crippen LogP) is 3.85. The van der Waals surface area contributed by atoms with Crippen LogP contribution in [0.1, 0.15) is 31.0 Å². The zero-order valence-electron chi connectivity index (χ0n) is 9.77. The van der Waals surface area contributed by atoms with Crippen molar-refractivity contribution in [3.63, 3.8) is 0 Å². The zero-order valence-corrected chi connectivity index (χ0v) is 10.5. The molecule has 0 aliphatic heterocycles. The number of hydrogen-bond donors (Lipinski definition) is 1. The molecule has 18 heavy (non-hydrogen) atoms. The van der Waals surface area contributed by atoms with E-state index < -0.39 is 17.6 Å². The number of benzene rings is 1. The SMILES string of the molecule is O=C(O)[C@H]1CC2(C(F)c3cccc(Cl)c3)CC1C2. The summed E-state index contributed by atoms with van der Waals surface area (Å²) in [5.41, 5.74) is 0.116. The van der Waals surface area contributed by atoms with Gasteiger partial charge < -0.3 is 5.11 Å². The van der Waals surface area contributed by atoms with Crippen LogP contribution in [0, 0.1) is 17.3 Å². The number of aliphatic carboxylic acids is 1. The van der Waals surface area contributed by atoms with E-state index in [2.05, 4.69) is 0 Å². The van der Waals surface area contributed by atoms with Gasteiger partial charge in [-0.1, -0.05) is 23.7 Å². The molecular weight excluding hydrogens is 255 g/mol. The second-order valence-corrected chi connectivity index (χ2v) is 6.03. The number of carboxylic acids is 1. The lowest BCUT2D eigenvalue weighted by atomic mass is 9.65. The third-order valence-corrected chi connectivity index (χ3v) is 4.76. The van der Waals surface area contributed by atoms with Crippen molar-refractivity contribution in [2.75, 3.05) is 0 Å². The van der Waals surface area contributed by atoms with E-state index in [1.807, 2.05) is 0 Å². The van der Waals surface area contributed by atoms with Crippen molar-refractivity contribution < 1.29 is 14.3 Å². The summed E-state index contributed by atoms with van der Waals surface area (Å²) in [5.74, 6) is -0.972. The molecule has 4 heteroatoms. The summed E-state index contributed by atoms with van der Waals surface area (Å²) in [4.78, 5) is 11.1. The van der Waals surface area contributed by atoms with Crippen LogP contribution >= 0.6 is 11.6 Å². The topological polar surface area (TPSA) is 37.3 Å². The molecule has 0 spiro atoms. The number of fused-ring (bicyclic) bond motifs is 1. The number of carbonyl (C=O) groups is 1. The van der Waals surface area contributed by atoms with Gasteiger partial charge in [0.25, 0.3) is 0 Å². The maximum atomic E-state index is 14.6. The molecule has 1 aromatic rings. The van der Waals surface area contributed by atoms with Crippen LogP contribution in [0.25, 0.3) is 0 Å². The summed E-state index contributed by atoms with van der Waals surface area (Å²) < 4.78 is 14.6. The van der Waals surface area contributed by atoms with Gasteiger partial charge in [-0.25, -0.2) is 4.39 Å². The fourth-order valence-electron chi connectivity index (χ4n) is 3.66. The van der Waals surface area contributed by atoms with E-state index >= 15 is 0 Å². The highest BCUT2D eigenvalue weighted by atomic mass is 35.5. The first-order chi connectivity index (χ1) is 8.52. The molecule has 2 bridgehead atoms. The van der Waals surface area contributed by atoms with Crippen molar-refractivity contribution in [3.8, 4) is 0 Å². The second-order valence-electron chi connectivity index (χ2n) is 5.60. The molecule has 0 radical (unpaired) electrons. The van der Waals surface area contributed by atoms with E-state index in [9.17, 15) is 9.18 Å². The average Bonchev–Trinajstić information content (AvgIpc) is 2.83. The minimum Gasteiger partial charge on any atom is -0.481 e. The molecule has 1 N–H and O–H groups in total. The molecule has 1 aromatic carbocycles. The quantitative estimate of drug-likeness (QED) is 0.904. The van der Waals surface area contributed by atoms with Crippen molar-refractivity contribution in [1.82, 2.24) is 0 Å². The fraction of sp³-hybridized carbons (Fsp3) is 0.500. The van der Waals surface area contributed by atoms with Gasteiger partial charge in [-0.15, -0.1) is 0 Å². The fourth-order valence-corrected chi connectivity index (χ4v) is 3.86. The summed E-state index contributed by atoms with van der Waals surface area (Å²) in [5, 5.41) is 9.60. The average molecular weight is 269 g/mol. The van der Waals surface area contributed by atoms with E-state index in [0.29, 0.717) is 29.8 Å². The Bertz CT molecular complexity index is 496. The molecule has 4 rings (SSSR count). The molecule has 1 unspecified atom stereocenters. The van der Waals surface area contributed by atoms with Crippen LogP contribution in [0.5, 0.6) is 0 Å². The van der Waals surface area contributed by atoms with Crippen LogP contribution < -0.4 is 0 Å². The summed E-state index contributed by atoms with van der Waals surface area (Å²) >= 11 is 5.87. The second kappa shape index (κ2) is 3.95. The van der Waals surface area contributed by atoms with Crippen molar-refractivity contribution in [2.24, 2.45) is 17.3 Å². The van der Waals surface area contributed by atoms with Crippen LogP contribution in [0.2, 0.25) is 5.02 Å². The molecule has 0 amide bonds. The lowest BCUT2D eigenvalue weighted by molar-refractivity contribution is -0.142. The molecule has 2 atom stereocenters. The molecule has 0 aromatic heterocycles. The van der Waals surface area contributed by atoms with Crippen molar-refractivity contribution in [3.05, 3.63) is 34.9 Å². The normalized spacial score (nSPS) is 35.0. The molecule has 0 heterocycles. The lowest BCUT2D eigenvalue weighted by Crippen LogP contribution is -2.33. The van der Waals surface area contributed by atoms with Gasteiger partial charge in [0.1, 0.15) is 6.17 Å². The van der Waals surface area contributed by atoms with E-state index in [4.69, 9.17) is 16.7 Å². The van der Waals surface area contributed by atoms with Crippen molar-refractivity contribution in [1.29, 1.82) is 0 Å². The molecule has 96 valence electrons. The van der Waals surface area contributed by atoms with Crippen LogP contribution in [-0.4, -0.2) is 11.1 Å². The smallest absolute Gasteiger partial charge is 0.306 e. The number of halogens is 2. The van der Waals surface area contributed by atoms with Gasteiger partial charge in [0.2, 0.25) is 0 Å². The van der Waals surface area contributed by atoms with Gasteiger partial charge in [0.05, 0.1) is 5.92 Å². The summed E-state index contributed by atoms with van der Waals surface area (Å²) in [6, 6.07) is 6.82. The van der Waals surface area contributed by atoms with Crippen LogP contribution in [0.4, 0.5) is 4.39 Å². The van der Waals surface area contributed by atoms with E-state index in [1.54, 1.807) is 24.3 Å². The Labute approximate surface area is 110 Å². The monoisotopic (exact) mass is 268 g/mol. The van der Waals surface area contributed by atoms with Gasteiger partial charge in [-0.2, -0.15) is 0 Å². The summed E-state index contributed by atoms with van der Waals surface area (Å²) in [6.07, 6.45) is 0.743. The maximum Gasteiger partial charge on any atom is 0.306 e. The summed E-state index contributed by atoms with van der Waals surface area (Å²) in [6.45, 7) is 0. The van der Waals surface area contributed by atoms with Crippen LogP contribution in [-0.2, 0) is 4.79 Å². The highest BCUT2D eigenvalue weighted by Crippen LogP contribution is 2.67. The largest absolute Gasteiger partial charge is 0.481 e. The van der Waals surface area contributed by atoms with E-state index in [0.717, 1.165) is 0 Å². The molecular formula is C14H14ClFO2. The molecule has 3 aliphatic rings. The molecule has 0 saturated heterocycles. The minimum absolute atomic E-state index is 0.167. The Morgan fingerprint density at radius 1 is 1.44 bits per heavy atom. The third-order valence-electron chi connectivity index (χ3n) is 4.53. The number of rotatable bonds is 3. The van der Waals surface area contributed by atoms with E-state index in [-0.39, 0.29) is 11.8 Å². The van der Waals surface area contributed by atoms with Gasteiger partial charge in [0, 0.05) is 10.4 Å². The molecule has 3 fully saturated rings. The Morgan fingerprint density at radius 3 is 2.72 bits per heavy atom.